The number of hydrogen-bond donors (Lipinski definition) is 1. The van der Waals surface area contributed by atoms with E-state index in [4.69, 9.17) is 10.5 Å². The highest BCUT2D eigenvalue weighted by atomic mass is 16.5. The van der Waals surface area contributed by atoms with Gasteiger partial charge in [-0.05, 0) is 38.5 Å². The Hall–Kier alpha value is -1.32. The van der Waals surface area contributed by atoms with Crippen LogP contribution in [-0.4, -0.2) is 18.0 Å². The molecule has 1 atom stereocenters. The topological polar surface area (TPSA) is 69.4 Å². The van der Waals surface area contributed by atoms with Gasteiger partial charge in [-0.2, -0.15) is 0 Å². The molecule has 236 valence electrons. The van der Waals surface area contributed by atoms with Gasteiger partial charge < -0.3 is 10.5 Å². The summed E-state index contributed by atoms with van der Waals surface area (Å²) < 4.78 is 5.91. The van der Waals surface area contributed by atoms with E-state index in [2.05, 4.69) is 26.0 Å². The minimum Gasteiger partial charge on any atom is -0.462 e. The average molecular weight is 564 g/mol. The van der Waals surface area contributed by atoms with Crippen LogP contribution in [0.25, 0.3) is 0 Å². The summed E-state index contributed by atoms with van der Waals surface area (Å²) in [7, 11) is 0. The first-order valence-electron chi connectivity index (χ1n) is 17.7. The molecule has 2 N–H and O–H groups in total. The molecule has 0 aliphatic heterocycles. The van der Waals surface area contributed by atoms with Crippen molar-refractivity contribution >= 4 is 11.9 Å². The van der Waals surface area contributed by atoms with E-state index in [9.17, 15) is 9.59 Å². The van der Waals surface area contributed by atoms with Crippen LogP contribution in [-0.2, 0) is 14.3 Å². The van der Waals surface area contributed by atoms with Crippen LogP contribution in [0.4, 0.5) is 0 Å². The molecule has 0 heterocycles. The lowest BCUT2D eigenvalue weighted by Gasteiger charge is -2.16. The summed E-state index contributed by atoms with van der Waals surface area (Å²) >= 11 is 0. The third-order valence-corrected chi connectivity index (χ3v) is 8.02. The minimum absolute atomic E-state index is 0.000420. The van der Waals surface area contributed by atoms with Gasteiger partial charge >= 0.3 is 5.97 Å². The minimum atomic E-state index is -0.192. The van der Waals surface area contributed by atoms with Crippen LogP contribution < -0.4 is 5.73 Å². The number of hydrogen-bond acceptors (Lipinski definition) is 3. The van der Waals surface area contributed by atoms with Gasteiger partial charge in [-0.25, -0.2) is 0 Å². The molecule has 0 aliphatic carbocycles. The predicted octanol–water partition coefficient (Wildman–Crippen LogP) is 11.3. The molecule has 0 saturated carbocycles. The van der Waals surface area contributed by atoms with E-state index >= 15 is 0 Å². The van der Waals surface area contributed by atoms with Crippen LogP contribution >= 0.6 is 0 Å². The lowest BCUT2D eigenvalue weighted by molar-refractivity contribution is -0.149. The second-order valence-electron chi connectivity index (χ2n) is 12.1. The molecule has 0 saturated heterocycles. The lowest BCUT2D eigenvalue weighted by Crippen LogP contribution is -2.17. The highest BCUT2D eigenvalue weighted by molar-refractivity contribution is 5.73. The normalized spacial score (nSPS) is 12.2. The molecule has 0 aromatic heterocycles. The monoisotopic (exact) mass is 564 g/mol. The van der Waals surface area contributed by atoms with E-state index in [1.807, 2.05) is 0 Å². The molecule has 4 nitrogen and oxygen atoms in total. The Balaban J connectivity index is 3.85. The fourth-order valence-electron chi connectivity index (χ4n) is 5.37. The van der Waals surface area contributed by atoms with Crippen molar-refractivity contribution in [2.24, 2.45) is 5.73 Å². The maximum absolute atomic E-state index is 12.5. The molecular weight excluding hydrogens is 494 g/mol. The van der Waals surface area contributed by atoms with Crippen LogP contribution in [0.15, 0.2) is 12.2 Å². The molecule has 0 spiro atoms. The van der Waals surface area contributed by atoms with E-state index < -0.39 is 0 Å². The Morgan fingerprint density at radius 3 is 1.48 bits per heavy atom. The summed E-state index contributed by atoms with van der Waals surface area (Å²) in [6.45, 7) is 4.51. The maximum Gasteiger partial charge on any atom is 0.306 e. The second kappa shape index (κ2) is 32.2. The van der Waals surface area contributed by atoms with Crippen molar-refractivity contribution in [1.29, 1.82) is 0 Å². The Kier molecular flexibility index (Phi) is 31.1. The van der Waals surface area contributed by atoms with Crippen molar-refractivity contribution in [3.8, 4) is 0 Å². The molecule has 0 aromatic carbocycles. The van der Waals surface area contributed by atoms with Gasteiger partial charge in [-0.3, -0.25) is 9.59 Å². The van der Waals surface area contributed by atoms with Crippen LogP contribution in [0, 0.1) is 0 Å². The fourth-order valence-corrected chi connectivity index (χ4v) is 5.37. The van der Waals surface area contributed by atoms with E-state index in [0.29, 0.717) is 12.8 Å². The number of esters is 1. The Morgan fingerprint density at radius 1 is 0.550 bits per heavy atom. The first kappa shape index (κ1) is 38.7. The summed E-state index contributed by atoms with van der Waals surface area (Å²) in [5, 5.41) is 0. The molecule has 0 aliphatic rings. The number of rotatable bonds is 32. The number of unbranched alkanes of at least 4 members (excludes halogenated alkanes) is 22. The van der Waals surface area contributed by atoms with Gasteiger partial charge in [-0.1, -0.05) is 154 Å². The zero-order valence-corrected chi connectivity index (χ0v) is 27.0. The maximum atomic E-state index is 12.5. The molecule has 0 aromatic rings. The van der Waals surface area contributed by atoms with Crippen molar-refractivity contribution in [3.63, 3.8) is 0 Å². The Morgan fingerprint density at radius 2 is 0.975 bits per heavy atom. The third kappa shape index (κ3) is 31.2. The quantitative estimate of drug-likeness (QED) is 0.0502. The first-order chi connectivity index (χ1) is 19.6. The molecule has 0 rings (SSSR count). The largest absolute Gasteiger partial charge is 0.462 e. The molecule has 0 radical (unpaired) electrons. The van der Waals surface area contributed by atoms with Crippen molar-refractivity contribution in [2.75, 3.05) is 0 Å². The zero-order chi connectivity index (χ0) is 29.4. The van der Waals surface area contributed by atoms with Crippen molar-refractivity contribution in [2.45, 2.75) is 206 Å². The summed E-state index contributed by atoms with van der Waals surface area (Å²) in [6, 6.07) is 0. The smallest absolute Gasteiger partial charge is 0.306 e. The standard InChI is InChI=1S/C36H69NO3/c1-3-5-7-9-10-11-12-13-14-15-16-17-22-25-29-33-36(39)40-34(30-26-8-6-4-2)31-27-23-20-18-19-21-24-28-32-35(37)38/h23,27,34H,3-22,24-26,28-33H2,1-2H3,(H2,37,38). The van der Waals surface area contributed by atoms with Crippen molar-refractivity contribution in [1.82, 2.24) is 0 Å². The van der Waals surface area contributed by atoms with Gasteiger partial charge in [0.1, 0.15) is 6.10 Å². The molecule has 1 unspecified atom stereocenters. The molecule has 0 fully saturated rings. The van der Waals surface area contributed by atoms with Gasteiger partial charge in [0.15, 0.2) is 0 Å². The van der Waals surface area contributed by atoms with E-state index in [0.717, 1.165) is 57.8 Å². The summed E-state index contributed by atoms with van der Waals surface area (Å²) in [4.78, 5) is 23.3. The highest BCUT2D eigenvalue weighted by Gasteiger charge is 2.13. The van der Waals surface area contributed by atoms with E-state index in [-0.39, 0.29) is 18.0 Å². The number of ether oxygens (including phenoxy) is 1. The molecule has 0 bridgehead atoms. The van der Waals surface area contributed by atoms with Crippen molar-refractivity contribution < 1.29 is 14.3 Å². The lowest BCUT2D eigenvalue weighted by atomic mass is 10.0. The van der Waals surface area contributed by atoms with Crippen LogP contribution in [0.1, 0.15) is 200 Å². The molecule has 4 heteroatoms. The Labute approximate surface area is 250 Å². The van der Waals surface area contributed by atoms with Gasteiger partial charge in [0, 0.05) is 19.3 Å². The third-order valence-electron chi connectivity index (χ3n) is 8.02. The average Bonchev–Trinajstić information content (AvgIpc) is 2.93. The number of amides is 1. The predicted molar refractivity (Wildman–Crippen MR) is 173 cm³/mol. The molecule has 40 heavy (non-hydrogen) atoms. The first-order valence-corrected chi connectivity index (χ1v) is 17.7. The summed E-state index contributed by atoms with van der Waals surface area (Å²) in [6.07, 6.45) is 39.0. The molecular formula is C36H69NO3. The highest BCUT2D eigenvalue weighted by Crippen LogP contribution is 2.16. The van der Waals surface area contributed by atoms with Crippen LogP contribution in [0.3, 0.4) is 0 Å². The second-order valence-corrected chi connectivity index (χ2v) is 12.1. The van der Waals surface area contributed by atoms with Crippen LogP contribution in [0.2, 0.25) is 0 Å². The number of allylic oxidation sites excluding steroid dienone is 1. The van der Waals surface area contributed by atoms with Crippen molar-refractivity contribution in [3.05, 3.63) is 12.2 Å². The number of carbonyl (C=O) groups excluding carboxylic acids is 2. The SMILES string of the molecule is CCCCCCCCCCCCCCCCCC(=O)OC(CC=CCCCCCCCC(N)=O)CCCCCC. The van der Waals surface area contributed by atoms with Gasteiger partial charge in [0.2, 0.25) is 5.91 Å². The zero-order valence-electron chi connectivity index (χ0n) is 27.0. The number of carbonyl (C=O) groups is 2. The van der Waals surface area contributed by atoms with E-state index in [1.165, 1.54) is 116 Å². The van der Waals surface area contributed by atoms with Crippen LogP contribution in [0.5, 0.6) is 0 Å². The Bertz CT molecular complexity index is 574. The summed E-state index contributed by atoms with van der Waals surface area (Å²) in [5.74, 6) is -0.192. The number of primary amides is 1. The number of nitrogens with two attached hydrogens (primary N) is 1. The van der Waals surface area contributed by atoms with Gasteiger partial charge in [0.05, 0.1) is 0 Å². The van der Waals surface area contributed by atoms with Gasteiger partial charge in [0.25, 0.3) is 0 Å². The van der Waals surface area contributed by atoms with E-state index in [1.54, 1.807) is 0 Å². The van der Waals surface area contributed by atoms with Gasteiger partial charge in [-0.15, -0.1) is 0 Å². The summed E-state index contributed by atoms with van der Waals surface area (Å²) in [5.41, 5.74) is 5.18. The molecule has 1 amide bonds. The fraction of sp³-hybridized carbons (Fsp3) is 0.889.